The van der Waals surface area contributed by atoms with Crippen LogP contribution in [0.4, 0.5) is 11.4 Å². The Bertz CT molecular complexity index is 686. The summed E-state index contributed by atoms with van der Waals surface area (Å²) in [6, 6.07) is 14.1. The standard InChI is InChI=1S/C16H17N3O3/c1-11(12-5-3-2-4-6-12)10-18-14-8-7-13(16(17)20)9-15(14)19(21)22/h2-9,11,18H,10H2,1H3,(H2,17,20)/t11-/m0/s1. The molecule has 0 saturated heterocycles. The van der Waals surface area contributed by atoms with E-state index in [1.807, 2.05) is 37.3 Å². The first-order chi connectivity index (χ1) is 10.5. The summed E-state index contributed by atoms with van der Waals surface area (Å²) >= 11 is 0. The van der Waals surface area contributed by atoms with Gasteiger partial charge in [0, 0.05) is 18.2 Å². The Morgan fingerprint density at radius 2 is 1.95 bits per heavy atom. The number of hydrogen-bond acceptors (Lipinski definition) is 4. The fourth-order valence-corrected chi connectivity index (χ4v) is 2.15. The lowest BCUT2D eigenvalue weighted by Gasteiger charge is -2.14. The summed E-state index contributed by atoms with van der Waals surface area (Å²) in [5, 5.41) is 14.2. The Morgan fingerprint density at radius 3 is 2.55 bits per heavy atom. The number of nitro groups is 1. The minimum Gasteiger partial charge on any atom is -0.379 e. The van der Waals surface area contributed by atoms with Crippen LogP contribution in [0.1, 0.15) is 28.8 Å². The highest BCUT2D eigenvalue weighted by Crippen LogP contribution is 2.26. The number of anilines is 1. The van der Waals surface area contributed by atoms with E-state index in [0.29, 0.717) is 12.2 Å². The predicted molar refractivity (Wildman–Crippen MR) is 85.0 cm³/mol. The molecule has 0 aliphatic carbocycles. The number of carbonyl (C=O) groups excluding carboxylic acids is 1. The highest BCUT2D eigenvalue weighted by molar-refractivity contribution is 5.94. The molecule has 0 saturated carbocycles. The number of amides is 1. The van der Waals surface area contributed by atoms with Crippen molar-refractivity contribution in [2.24, 2.45) is 5.73 Å². The van der Waals surface area contributed by atoms with E-state index in [9.17, 15) is 14.9 Å². The summed E-state index contributed by atoms with van der Waals surface area (Å²) < 4.78 is 0. The number of nitrogens with two attached hydrogens (primary N) is 1. The lowest BCUT2D eigenvalue weighted by Crippen LogP contribution is -2.13. The topological polar surface area (TPSA) is 98.3 Å². The van der Waals surface area contributed by atoms with E-state index in [1.165, 1.54) is 18.2 Å². The minimum atomic E-state index is -0.688. The van der Waals surface area contributed by atoms with Gasteiger partial charge in [-0.2, -0.15) is 0 Å². The molecular formula is C16H17N3O3. The van der Waals surface area contributed by atoms with Crippen molar-refractivity contribution < 1.29 is 9.72 Å². The van der Waals surface area contributed by atoms with Crippen molar-refractivity contribution in [3.63, 3.8) is 0 Å². The van der Waals surface area contributed by atoms with Gasteiger partial charge in [0.1, 0.15) is 5.69 Å². The van der Waals surface area contributed by atoms with Crippen LogP contribution in [-0.2, 0) is 0 Å². The molecule has 0 aliphatic rings. The van der Waals surface area contributed by atoms with Crippen LogP contribution in [0.3, 0.4) is 0 Å². The number of hydrogen-bond donors (Lipinski definition) is 2. The van der Waals surface area contributed by atoms with Gasteiger partial charge in [-0.1, -0.05) is 37.3 Å². The fraction of sp³-hybridized carbons (Fsp3) is 0.188. The van der Waals surface area contributed by atoms with E-state index < -0.39 is 10.8 Å². The molecule has 0 radical (unpaired) electrons. The Hall–Kier alpha value is -2.89. The average molecular weight is 299 g/mol. The Kier molecular flexibility index (Phi) is 4.73. The fourth-order valence-electron chi connectivity index (χ4n) is 2.15. The molecular weight excluding hydrogens is 282 g/mol. The zero-order valence-corrected chi connectivity index (χ0v) is 12.2. The molecule has 0 unspecified atom stereocenters. The lowest BCUT2D eigenvalue weighted by molar-refractivity contribution is -0.384. The van der Waals surface area contributed by atoms with Crippen LogP contribution in [0.15, 0.2) is 48.5 Å². The third kappa shape index (κ3) is 3.60. The molecule has 0 aliphatic heterocycles. The summed E-state index contributed by atoms with van der Waals surface area (Å²) in [7, 11) is 0. The van der Waals surface area contributed by atoms with E-state index in [4.69, 9.17) is 5.73 Å². The normalized spacial score (nSPS) is 11.7. The van der Waals surface area contributed by atoms with Crippen molar-refractivity contribution >= 4 is 17.3 Å². The molecule has 2 aromatic rings. The van der Waals surface area contributed by atoms with Crippen LogP contribution in [0.25, 0.3) is 0 Å². The van der Waals surface area contributed by atoms with Crippen LogP contribution in [0.5, 0.6) is 0 Å². The highest BCUT2D eigenvalue weighted by atomic mass is 16.6. The number of nitrogens with one attached hydrogen (secondary N) is 1. The number of nitro benzene ring substituents is 1. The molecule has 6 heteroatoms. The Balaban J connectivity index is 2.15. The molecule has 1 atom stereocenters. The van der Waals surface area contributed by atoms with Gasteiger partial charge in [0.25, 0.3) is 5.69 Å². The lowest BCUT2D eigenvalue weighted by atomic mass is 10.0. The number of nitrogens with zero attached hydrogens (tertiary/aromatic N) is 1. The third-order valence-electron chi connectivity index (χ3n) is 3.45. The van der Waals surface area contributed by atoms with Gasteiger partial charge in [-0.05, 0) is 23.6 Å². The van der Waals surface area contributed by atoms with Crippen molar-refractivity contribution in [3.05, 3.63) is 69.8 Å². The Labute approximate surface area is 128 Å². The molecule has 0 bridgehead atoms. The average Bonchev–Trinajstić information content (AvgIpc) is 2.53. The van der Waals surface area contributed by atoms with Crippen LogP contribution in [0.2, 0.25) is 0 Å². The summed E-state index contributed by atoms with van der Waals surface area (Å²) in [4.78, 5) is 21.7. The van der Waals surface area contributed by atoms with Crippen molar-refractivity contribution in [1.82, 2.24) is 0 Å². The van der Waals surface area contributed by atoms with E-state index >= 15 is 0 Å². The molecule has 2 rings (SSSR count). The van der Waals surface area contributed by atoms with E-state index in [2.05, 4.69) is 5.32 Å². The maximum absolute atomic E-state index is 11.1. The zero-order chi connectivity index (χ0) is 16.1. The van der Waals surface area contributed by atoms with E-state index in [1.54, 1.807) is 0 Å². The van der Waals surface area contributed by atoms with E-state index in [0.717, 1.165) is 5.56 Å². The predicted octanol–water partition coefficient (Wildman–Crippen LogP) is 2.91. The first-order valence-corrected chi connectivity index (χ1v) is 6.86. The smallest absolute Gasteiger partial charge is 0.293 e. The maximum Gasteiger partial charge on any atom is 0.293 e. The van der Waals surface area contributed by atoms with Crippen molar-refractivity contribution in [2.45, 2.75) is 12.8 Å². The highest BCUT2D eigenvalue weighted by Gasteiger charge is 2.17. The molecule has 0 fully saturated rings. The third-order valence-corrected chi connectivity index (χ3v) is 3.45. The SMILES string of the molecule is C[C@@H](CNc1ccc(C(N)=O)cc1[N+](=O)[O-])c1ccccc1. The van der Waals surface area contributed by atoms with Crippen molar-refractivity contribution in [2.75, 3.05) is 11.9 Å². The molecule has 0 aromatic heterocycles. The van der Waals surface area contributed by atoms with Gasteiger partial charge in [0.05, 0.1) is 4.92 Å². The quantitative estimate of drug-likeness (QED) is 0.633. The number of carbonyl (C=O) groups is 1. The van der Waals surface area contributed by atoms with Gasteiger partial charge in [0.15, 0.2) is 0 Å². The first kappa shape index (κ1) is 15.5. The number of primary amides is 1. The van der Waals surface area contributed by atoms with Gasteiger partial charge in [-0.15, -0.1) is 0 Å². The monoisotopic (exact) mass is 299 g/mol. The molecule has 2 aromatic carbocycles. The molecule has 22 heavy (non-hydrogen) atoms. The number of rotatable bonds is 6. The Morgan fingerprint density at radius 1 is 1.27 bits per heavy atom. The second-order valence-electron chi connectivity index (χ2n) is 5.05. The van der Waals surface area contributed by atoms with Crippen LogP contribution < -0.4 is 11.1 Å². The number of benzene rings is 2. The van der Waals surface area contributed by atoms with Gasteiger partial charge in [-0.25, -0.2) is 0 Å². The van der Waals surface area contributed by atoms with Crippen LogP contribution in [0, 0.1) is 10.1 Å². The summed E-state index contributed by atoms with van der Waals surface area (Å²) in [6.45, 7) is 2.58. The maximum atomic E-state index is 11.1. The van der Waals surface area contributed by atoms with Crippen LogP contribution >= 0.6 is 0 Å². The van der Waals surface area contributed by atoms with Crippen molar-refractivity contribution in [3.8, 4) is 0 Å². The molecule has 0 spiro atoms. The van der Waals surface area contributed by atoms with Gasteiger partial charge in [0.2, 0.25) is 5.91 Å². The first-order valence-electron chi connectivity index (χ1n) is 6.86. The molecule has 114 valence electrons. The van der Waals surface area contributed by atoms with Gasteiger partial charge >= 0.3 is 0 Å². The molecule has 0 heterocycles. The summed E-state index contributed by atoms with van der Waals surface area (Å²) in [6.07, 6.45) is 0. The summed E-state index contributed by atoms with van der Waals surface area (Å²) in [5.74, 6) is -0.496. The molecule has 6 nitrogen and oxygen atoms in total. The second kappa shape index (κ2) is 6.71. The van der Waals surface area contributed by atoms with Crippen molar-refractivity contribution in [1.29, 1.82) is 0 Å². The van der Waals surface area contributed by atoms with Gasteiger partial charge in [-0.3, -0.25) is 14.9 Å². The second-order valence-corrected chi connectivity index (χ2v) is 5.05. The molecule has 1 amide bonds. The van der Waals surface area contributed by atoms with Gasteiger partial charge < -0.3 is 11.1 Å². The largest absolute Gasteiger partial charge is 0.379 e. The molecule has 3 N–H and O–H groups in total. The minimum absolute atomic E-state index is 0.119. The summed E-state index contributed by atoms with van der Waals surface area (Å²) in [5.41, 5.74) is 6.63. The zero-order valence-electron chi connectivity index (χ0n) is 12.2. The van der Waals surface area contributed by atoms with E-state index in [-0.39, 0.29) is 17.2 Å². The van der Waals surface area contributed by atoms with Crippen LogP contribution in [-0.4, -0.2) is 17.4 Å².